The van der Waals surface area contributed by atoms with Gasteiger partial charge in [-0.1, -0.05) is 17.7 Å². The summed E-state index contributed by atoms with van der Waals surface area (Å²) in [4.78, 5) is 24.3. The number of hydrogen-bond acceptors (Lipinski definition) is 4. The smallest absolute Gasteiger partial charge is 0.307 e. The van der Waals surface area contributed by atoms with Crippen molar-refractivity contribution in [2.24, 2.45) is 0 Å². The molecule has 1 aromatic carbocycles. The summed E-state index contributed by atoms with van der Waals surface area (Å²) in [6.07, 6.45) is 3.96. The molecule has 0 saturated carbocycles. The number of amides is 1. The molecule has 1 aliphatic rings. The van der Waals surface area contributed by atoms with Crippen LogP contribution in [0.1, 0.15) is 60.4 Å². The van der Waals surface area contributed by atoms with Crippen LogP contribution in [0.5, 0.6) is 0 Å². The number of nitrogens with one attached hydrogen (secondary N) is 1. The second kappa shape index (κ2) is 8.37. The summed E-state index contributed by atoms with van der Waals surface area (Å²) in [5.41, 5.74) is 4.78. The number of nitrogens with zero attached hydrogens (tertiary/aromatic N) is 2. The molecule has 1 aromatic heterocycles. The molecule has 144 valence electrons. The van der Waals surface area contributed by atoms with Crippen LogP contribution < -0.4 is 5.32 Å². The largest absolute Gasteiger partial charge is 0.463 e. The minimum absolute atomic E-state index is 0.148. The molecule has 1 amide bonds. The lowest BCUT2D eigenvalue weighted by atomic mass is 9.95. The molecular weight excluding hydrogens is 342 g/mol. The Morgan fingerprint density at radius 2 is 1.89 bits per heavy atom. The summed E-state index contributed by atoms with van der Waals surface area (Å²) in [6.45, 7) is 5.91. The van der Waals surface area contributed by atoms with Gasteiger partial charge in [0, 0.05) is 17.8 Å². The Bertz CT molecular complexity index is 822. The number of fused-ring (bicyclic) bond motifs is 1. The first-order valence-corrected chi connectivity index (χ1v) is 9.61. The fourth-order valence-electron chi connectivity index (χ4n) is 3.36. The third kappa shape index (κ3) is 4.56. The number of rotatable bonds is 6. The monoisotopic (exact) mass is 369 g/mol. The molecule has 0 radical (unpaired) electrons. The van der Waals surface area contributed by atoms with Gasteiger partial charge in [0.15, 0.2) is 5.69 Å². The Balaban J connectivity index is 1.76. The quantitative estimate of drug-likeness (QED) is 0.794. The molecular formula is C21H27N3O3. The van der Waals surface area contributed by atoms with Crippen LogP contribution in [0.3, 0.4) is 0 Å². The third-order valence-corrected chi connectivity index (χ3v) is 4.66. The van der Waals surface area contributed by atoms with Gasteiger partial charge >= 0.3 is 5.97 Å². The minimum atomic E-state index is -0.308. The van der Waals surface area contributed by atoms with E-state index >= 15 is 0 Å². The molecule has 0 unspecified atom stereocenters. The molecule has 3 rings (SSSR count). The zero-order valence-corrected chi connectivity index (χ0v) is 16.2. The lowest BCUT2D eigenvalue weighted by Crippen LogP contribution is -2.28. The van der Waals surface area contributed by atoms with Crippen molar-refractivity contribution in [1.82, 2.24) is 15.1 Å². The first-order valence-electron chi connectivity index (χ1n) is 9.61. The van der Waals surface area contributed by atoms with Crippen molar-refractivity contribution < 1.29 is 14.3 Å². The second-order valence-electron chi connectivity index (χ2n) is 7.27. The van der Waals surface area contributed by atoms with Crippen molar-refractivity contribution in [1.29, 1.82) is 0 Å². The molecule has 6 heteroatoms. The van der Waals surface area contributed by atoms with Gasteiger partial charge in [0.1, 0.15) is 0 Å². The standard InChI is InChI=1S/C21H27N3O3/c1-14(2)27-19(25)12-13-22-21(26)20-17-6-4-5-7-18(17)24(23-20)16-10-8-15(3)9-11-16/h8-11,14H,4-7,12-13H2,1-3H3,(H,22,26). The van der Waals surface area contributed by atoms with Crippen LogP contribution >= 0.6 is 0 Å². The summed E-state index contributed by atoms with van der Waals surface area (Å²) < 4.78 is 6.99. The average molecular weight is 369 g/mol. The van der Waals surface area contributed by atoms with Gasteiger partial charge in [-0.15, -0.1) is 0 Å². The fraction of sp³-hybridized carbons (Fsp3) is 0.476. The topological polar surface area (TPSA) is 73.2 Å². The van der Waals surface area contributed by atoms with E-state index in [0.29, 0.717) is 5.69 Å². The van der Waals surface area contributed by atoms with Gasteiger partial charge in [0.25, 0.3) is 5.91 Å². The van der Waals surface area contributed by atoms with Gasteiger partial charge in [-0.25, -0.2) is 4.68 Å². The molecule has 1 aliphatic carbocycles. The van der Waals surface area contributed by atoms with Crippen LogP contribution in [0, 0.1) is 6.92 Å². The van der Waals surface area contributed by atoms with Crippen LogP contribution in [0.15, 0.2) is 24.3 Å². The minimum Gasteiger partial charge on any atom is -0.463 e. The maximum absolute atomic E-state index is 12.7. The Labute approximate surface area is 159 Å². The van der Waals surface area contributed by atoms with Crippen LogP contribution in [0.25, 0.3) is 5.69 Å². The van der Waals surface area contributed by atoms with Crippen molar-refractivity contribution in [3.63, 3.8) is 0 Å². The SMILES string of the molecule is Cc1ccc(-n2nc(C(=O)NCCC(=O)OC(C)C)c3c2CCCC3)cc1. The Hall–Kier alpha value is -2.63. The number of esters is 1. The first kappa shape index (κ1) is 19.1. The number of carbonyl (C=O) groups is 2. The zero-order valence-electron chi connectivity index (χ0n) is 16.2. The highest BCUT2D eigenvalue weighted by molar-refractivity contribution is 5.94. The van der Waals surface area contributed by atoms with E-state index in [1.807, 2.05) is 35.9 Å². The summed E-state index contributed by atoms with van der Waals surface area (Å²) in [5, 5.41) is 7.44. The third-order valence-electron chi connectivity index (χ3n) is 4.66. The number of benzene rings is 1. The molecule has 1 N–H and O–H groups in total. The molecule has 6 nitrogen and oxygen atoms in total. The number of carbonyl (C=O) groups excluding carboxylic acids is 2. The molecule has 0 aliphatic heterocycles. The van der Waals surface area contributed by atoms with Crippen molar-refractivity contribution in [2.45, 2.75) is 59.0 Å². The highest BCUT2D eigenvalue weighted by Crippen LogP contribution is 2.27. The Morgan fingerprint density at radius 3 is 2.59 bits per heavy atom. The summed E-state index contributed by atoms with van der Waals surface area (Å²) >= 11 is 0. The first-order chi connectivity index (χ1) is 13.0. The fourth-order valence-corrected chi connectivity index (χ4v) is 3.36. The molecule has 0 saturated heterocycles. The number of aromatic nitrogens is 2. The van der Waals surface area contributed by atoms with Gasteiger partial charge in [0.05, 0.1) is 18.2 Å². The van der Waals surface area contributed by atoms with Crippen LogP contribution in [0.2, 0.25) is 0 Å². The van der Waals surface area contributed by atoms with E-state index in [-0.39, 0.29) is 30.9 Å². The van der Waals surface area contributed by atoms with Gasteiger partial charge in [-0.05, 0) is 58.6 Å². The van der Waals surface area contributed by atoms with Gasteiger partial charge < -0.3 is 10.1 Å². The van der Waals surface area contributed by atoms with E-state index in [2.05, 4.69) is 10.4 Å². The van der Waals surface area contributed by atoms with E-state index < -0.39 is 0 Å². The maximum atomic E-state index is 12.7. The zero-order chi connectivity index (χ0) is 19.4. The van der Waals surface area contributed by atoms with Gasteiger partial charge in [0.2, 0.25) is 0 Å². The van der Waals surface area contributed by atoms with Crippen LogP contribution in [-0.4, -0.2) is 34.3 Å². The van der Waals surface area contributed by atoms with Crippen molar-refractivity contribution in [3.8, 4) is 5.69 Å². The Morgan fingerprint density at radius 1 is 1.19 bits per heavy atom. The summed E-state index contributed by atoms with van der Waals surface area (Å²) in [5.74, 6) is -0.533. The van der Waals surface area contributed by atoms with Crippen molar-refractivity contribution in [2.75, 3.05) is 6.54 Å². The van der Waals surface area contributed by atoms with Crippen LogP contribution in [0.4, 0.5) is 0 Å². The Kier molecular flexibility index (Phi) is 5.94. The van der Waals surface area contributed by atoms with E-state index in [4.69, 9.17) is 4.74 Å². The van der Waals surface area contributed by atoms with Crippen LogP contribution in [-0.2, 0) is 22.4 Å². The van der Waals surface area contributed by atoms with E-state index in [0.717, 1.165) is 42.6 Å². The predicted molar refractivity (Wildman–Crippen MR) is 103 cm³/mol. The molecule has 27 heavy (non-hydrogen) atoms. The van der Waals surface area contributed by atoms with Crippen molar-refractivity contribution >= 4 is 11.9 Å². The number of ether oxygens (including phenoxy) is 1. The normalized spacial score (nSPS) is 13.3. The highest BCUT2D eigenvalue weighted by atomic mass is 16.5. The molecule has 2 aromatic rings. The van der Waals surface area contributed by atoms with E-state index in [1.165, 1.54) is 5.56 Å². The van der Waals surface area contributed by atoms with E-state index in [1.54, 1.807) is 13.8 Å². The predicted octanol–water partition coefficient (Wildman–Crippen LogP) is 3.13. The maximum Gasteiger partial charge on any atom is 0.307 e. The highest BCUT2D eigenvalue weighted by Gasteiger charge is 2.25. The number of aryl methyl sites for hydroxylation is 1. The molecule has 0 atom stereocenters. The summed E-state index contributed by atoms with van der Waals surface area (Å²) in [6, 6.07) is 8.15. The average Bonchev–Trinajstić information content (AvgIpc) is 3.01. The summed E-state index contributed by atoms with van der Waals surface area (Å²) in [7, 11) is 0. The molecule has 0 spiro atoms. The van der Waals surface area contributed by atoms with Gasteiger partial charge in [-0.3, -0.25) is 9.59 Å². The molecule has 0 fully saturated rings. The second-order valence-corrected chi connectivity index (χ2v) is 7.27. The lowest BCUT2D eigenvalue weighted by molar-refractivity contribution is -0.147. The van der Waals surface area contributed by atoms with E-state index in [9.17, 15) is 9.59 Å². The number of hydrogen-bond donors (Lipinski definition) is 1. The molecule has 1 heterocycles. The van der Waals surface area contributed by atoms with Gasteiger partial charge in [-0.2, -0.15) is 5.10 Å². The lowest BCUT2D eigenvalue weighted by Gasteiger charge is -2.14. The van der Waals surface area contributed by atoms with Crippen molar-refractivity contribution in [3.05, 3.63) is 46.8 Å². The molecule has 0 bridgehead atoms.